The number of nitrogens with one attached hydrogen (secondary N) is 2. The molecule has 0 aliphatic rings. The molecule has 0 aliphatic heterocycles. The summed E-state index contributed by atoms with van der Waals surface area (Å²) in [4.78, 5) is 2.38. The van der Waals surface area contributed by atoms with Crippen molar-refractivity contribution in [3.05, 3.63) is 0 Å². The second-order valence-electron chi connectivity index (χ2n) is 3.76. The Labute approximate surface area is 79.3 Å². The lowest BCUT2D eigenvalue weighted by molar-refractivity contribution is 0.133. The molecule has 0 amide bonds. The molecule has 3 nitrogen and oxygen atoms in total. The molecule has 0 aromatic rings. The van der Waals surface area contributed by atoms with Crippen molar-refractivity contribution in [2.75, 3.05) is 27.7 Å². The van der Waals surface area contributed by atoms with Crippen LogP contribution in [0, 0.1) is 0 Å². The number of nitrogens with zero attached hydrogens (tertiary/aromatic N) is 1. The predicted molar refractivity (Wildman–Crippen MR) is 58.6 cm³/mol. The van der Waals surface area contributed by atoms with Gasteiger partial charge in [0.2, 0.25) is 0 Å². The molecule has 0 radical (unpaired) electrons. The van der Waals surface area contributed by atoms with Gasteiger partial charge in [0.05, 0.1) is 5.29 Å². The lowest BCUT2D eigenvalue weighted by atomic mass is 10.3. The second kappa shape index (κ2) is 4.96. The minimum atomic E-state index is 0.183. The van der Waals surface area contributed by atoms with Crippen molar-refractivity contribution in [1.29, 1.82) is 0 Å². The van der Waals surface area contributed by atoms with Crippen LogP contribution in [0.4, 0.5) is 0 Å². The first-order chi connectivity index (χ1) is 5.48. The van der Waals surface area contributed by atoms with Crippen LogP contribution >= 0.6 is 0 Å². The second-order valence-corrected chi connectivity index (χ2v) is 5.41. The molecule has 2 N–H and O–H groups in total. The van der Waals surface area contributed by atoms with Gasteiger partial charge in [-0.25, -0.2) is 0 Å². The lowest BCUT2D eigenvalue weighted by Crippen LogP contribution is -2.63. The molecule has 0 aliphatic carbocycles. The summed E-state index contributed by atoms with van der Waals surface area (Å²) in [5.74, 6) is 0. The van der Waals surface area contributed by atoms with Crippen LogP contribution in [0.25, 0.3) is 0 Å². The molecule has 0 saturated carbocycles. The molecular weight excluding hydrogens is 166 g/mol. The standard InChI is InChI=1S/C8H23N3Si/c1-7(2)11(5)8(12,10-4)6-9-3/h7,9-10H,6H2,1-5,12H3. The number of hydrogen-bond donors (Lipinski definition) is 2. The SMILES string of the molecule is CNCC([SiH3])(NC)N(C)C(C)C. The van der Waals surface area contributed by atoms with Gasteiger partial charge in [-0.3, -0.25) is 4.90 Å². The van der Waals surface area contributed by atoms with Gasteiger partial charge in [-0.1, -0.05) is 0 Å². The average molecular weight is 189 g/mol. The van der Waals surface area contributed by atoms with Gasteiger partial charge in [-0.15, -0.1) is 0 Å². The van der Waals surface area contributed by atoms with Gasteiger partial charge < -0.3 is 10.6 Å². The van der Waals surface area contributed by atoms with Crippen molar-refractivity contribution < 1.29 is 0 Å². The Morgan fingerprint density at radius 2 is 1.92 bits per heavy atom. The third-order valence-electron chi connectivity index (χ3n) is 2.61. The van der Waals surface area contributed by atoms with E-state index in [1.165, 1.54) is 0 Å². The Hall–Kier alpha value is 0.0969. The molecule has 0 heterocycles. The zero-order chi connectivity index (χ0) is 9.78. The minimum Gasteiger partial charge on any atom is -0.317 e. The summed E-state index contributed by atoms with van der Waals surface area (Å²) in [5, 5.41) is 6.79. The van der Waals surface area contributed by atoms with Crippen LogP contribution in [0.1, 0.15) is 13.8 Å². The molecule has 0 spiro atoms. The zero-order valence-corrected chi connectivity index (χ0v) is 11.2. The highest BCUT2D eigenvalue weighted by Gasteiger charge is 2.27. The Balaban J connectivity index is 4.28. The summed E-state index contributed by atoms with van der Waals surface area (Å²) < 4.78 is 0. The molecule has 0 rings (SSSR count). The van der Waals surface area contributed by atoms with E-state index in [0.717, 1.165) is 16.8 Å². The van der Waals surface area contributed by atoms with Crippen LogP contribution in [0.2, 0.25) is 0 Å². The van der Waals surface area contributed by atoms with Crippen molar-refractivity contribution in [3.8, 4) is 0 Å². The topological polar surface area (TPSA) is 27.3 Å². The molecule has 4 heteroatoms. The van der Waals surface area contributed by atoms with E-state index in [4.69, 9.17) is 0 Å². The fourth-order valence-electron chi connectivity index (χ4n) is 1.30. The molecule has 0 saturated heterocycles. The molecule has 0 aromatic carbocycles. The fraction of sp³-hybridized carbons (Fsp3) is 1.00. The molecule has 12 heavy (non-hydrogen) atoms. The highest BCUT2D eigenvalue weighted by atomic mass is 28.1. The van der Waals surface area contributed by atoms with Gasteiger partial charge in [-0.2, -0.15) is 0 Å². The number of hydrogen-bond acceptors (Lipinski definition) is 3. The van der Waals surface area contributed by atoms with E-state index in [-0.39, 0.29) is 5.29 Å². The van der Waals surface area contributed by atoms with E-state index in [9.17, 15) is 0 Å². The van der Waals surface area contributed by atoms with E-state index in [0.29, 0.717) is 6.04 Å². The van der Waals surface area contributed by atoms with E-state index >= 15 is 0 Å². The highest BCUT2D eigenvalue weighted by molar-refractivity contribution is 6.15. The Kier molecular flexibility index (Phi) is 5.00. The third kappa shape index (κ3) is 2.86. The van der Waals surface area contributed by atoms with Gasteiger partial charge in [0.1, 0.15) is 0 Å². The molecule has 1 atom stereocenters. The van der Waals surface area contributed by atoms with Gasteiger partial charge in [0, 0.05) is 22.8 Å². The summed E-state index contributed by atoms with van der Waals surface area (Å²) >= 11 is 0. The summed E-state index contributed by atoms with van der Waals surface area (Å²) in [7, 11) is 7.31. The zero-order valence-electron chi connectivity index (χ0n) is 9.23. The minimum absolute atomic E-state index is 0.183. The fourth-order valence-corrected chi connectivity index (χ4v) is 2.17. The first-order valence-corrected chi connectivity index (χ1v) is 5.54. The highest BCUT2D eigenvalue weighted by Crippen LogP contribution is 2.07. The maximum Gasteiger partial charge on any atom is 0.0618 e. The van der Waals surface area contributed by atoms with Crippen molar-refractivity contribution in [2.24, 2.45) is 0 Å². The van der Waals surface area contributed by atoms with Crippen molar-refractivity contribution in [1.82, 2.24) is 15.5 Å². The van der Waals surface area contributed by atoms with Gasteiger partial charge in [0.25, 0.3) is 0 Å². The van der Waals surface area contributed by atoms with Crippen LogP contribution in [0.3, 0.4) is 0 Å². The summed E-state index contributed by atoms with van der Waals surface area (Å²) in [5.41, 5.74) is 0. The molecule has 0 aromatic heterocycles. The monoisotopic (exact) mass is 189 g/mol. The number of rotatable bonds is 5. The Bertz CT molecular complexity index is 129. The van der Waals surface area contributed by atoms with E-state index in [1.54, 1.807) is 0 Å². The lowest BCUT2D eigenvalue weighted by Gasteiger charge is -2.41. The summed E-state index contributed by atoms with van der Waals surface area (Å²) in [6, 6.07) is 0.586. The first kappa shape index (κ1) is 12.1. The molecule has 74 valence electrons. The van der Waals surface area contributed by atoms with Crippen molar-refractivity contribution >= 4 is 10.2 Å². The molecule has 1 unspecified atom stereocenters. The summed E-state index contributed by atoms with van der Waals surface area (Å²) in [6.07, 6.45) is 0. The van der Waals surface area contributed by atoms with Gasteiger partial charge >= 0.3 is 0 Å². The third-order valence-corrected chi connectivity index (χ3v) is 4.17. The maximum absolute atomic E-state index is 3.39. The van der Waals surface area contributed by atoms with Gasteiger partial charge in [-0.05, 0) is 35.0 Å². The Morgan fingerprint density at radius 1 is 1.42 bits per heavy atom. The van der Waals surface area contributed by atoms with Crippen LogP contribution in [-0.4, -0.2) is 54.2 Å². The number of likely N-dealkylation sites (N-methyl/N-ethyl adjacent to an activating group) is 3. The predicted octanol–water partition coefficient (Wildman–Crippen LogP) is -1.22. The maximum atomic E-state index is 3.39. The van der Waals surface area contributed by atoms with E-state index in [1.807, 2.05) is 14.1 Å². The normalized spacial score (nSPS) is 17.2. The largest absolute Gasteiger partial charge is 0.317 e. The first-order valence-electron chi connectivity index (χ1n) is 4.54. The van der Waals surface area contributed by atoms with Crippen LogP contribution in [0.5, 0.6) is 0 Å². The van der Waals surface area contributed by atoms with Crippen LogP contribution < -0.4 is 10.6 Å². The van der Waals surface area contributed by atoms with Crippen LogP contribution in [0.15, 0.2) is 0 Å². The van der Waals surface area contributed by atoms with E-state index in [2.05, 4.69) is 36.4 Å². The summed E-state index contributed by atoms with van der Waals surface area (Å²) in [6.45, 7) is 5.45. The smallest absolute Gasteiger partial charge is 0.0618 e. The molecule has 0 fully saturated rings. The Morgan fingerprint density at radius 3 is 2.17 bits per heavy atom. The quantitative estimate of drug-likeness (QED) is 0.420. The average Bonchev–Trinajstić information content (AvgIpc) is 2.03. The van der Waals surface area contributed by atoms with E-state index < -0.39 is 0 Å². The van der Waals surface area contributed by atoms with Crippen LogP contribution in [-0.2, 0) is 0 Å². The van der Waals surface area contributed by atoms with Crippen molar-refractivity contribution in [3.63, 3.8) is 0 Å². The van der Waals surface area contributed by atoms with Gasteiger partial charge in [0.15, 0.2) is 0 Å². The molecular formula is C8H23N3Si. The van der Waals surface area contributed by atoms with Crippen molar-refractivity contribution in [2.45, 2.75) is 25.2 Å². The molecule has 0 bridgehead atoms.